The fourth-order valence-electron chi connectivity index (χ4n) is 2.68. The zero-order valence-corrected chi connectivity index (χ0v) is 14.7. The lowest BCUT2D eigenvalue weighted by Gasteiger charge is -2.24. The van der Waals surface area contributed by atoms with Gasteiger partial charge in [0.25, 0.3) is 10.0 Å². The number of sulfonamides is 1. The third kappa shape index (κ3) is 5.04. The van der Waals surface area contributed by atoms with Crippen molar-refractivity contribution < 1.29 is 13.2 Å². The van der Waals surface area contributed by atoms with Crippen molar-refractivity contribution in [3.05, 3.63) is 12.0 Å². The molecular weight excluding hydrogens is 316 g/mol. The van der Waals surface area contributed by atoms with Gasteiger partial charge in [-0.2, -0.15) is 0 Å². The summed E-state index contributed by atoms with van der Waals surface area (Å²) in [5, 5.41) is -0.00351. The van der Waals surface area contributed by atoms with Gasteiger partial charge in [0.05, 0.1) is 0 Å². The number of hydrogen-bond donors (Lipinski definition) is 1. The van der Waals surface area contributed by atoms with Crippen LogP contribution in [0.25, 0.3) is 0 Å². The Bertz CT molecular complexity index is 612. The predicted octanol–water partition coefficient (Wildman–Crippen LogP) is 1.19. The van der Waals surface area contributed by atoms with Crippen molar-refractivity contribution in [2.45, 2.75) is 50.5 Å². The van der Waals surface area contributed by atoms with Crippen LogP contribution in [0, 0.1) is 6.92 Å². The van der Waals surface area contributed by atoms with Crippen LogP contribution in [-0.4, -0.2) is 48.4 Å². The van der Waals surface area contributed by atoms with E-state index in [1.165, 1.54) is 12.6 Å². The van der Waals surface area contributed by atoms with E-state index in [0.717, 1.165) is 38.8 Å². The van der Waals surface area contributed by atoms with Crippen LogP contribution in [-0.2, 0) is 21.9 Å². The van der Waals surface area contributed by atoms with Gasteiger partial charge in [0, 0.05) is 39.3 Å². The molecule has 1 aliphatic rings. The van der Waals surface area contributed by atoms with E-state index in [9.17, 15) is 13.2 Å². The molecule has 0 spiro atoms. The Balaban J connectivity index is 1.84. The van der Waals surface area contributed by atoms with E-state index in [1.54, 1.807) is 18.5 Å². The fraction of sp³-hybridized carbons (Fsp3) is 0.733. The van der Waals surface area contributed by atoms with Gasteiger partial charge >= 0.3 is 0 Å². The molecule has 1 amide bonds. The monoisotopic (exact) mass is 342 g/mol. The summed E-state index contributed by atoms with van der Waals surface area (Å²) in [5.74, 6) is 0.647. The molecule has 1 N–H and O–H groups in total. The van der Waals surface area contributed by atoms with E-state index in [2.05, 4.69) is 9.71 Å². The minimum Gasteiger partial charge on any atom is -0.343 e. The third-order valence-corrected chi connectivity index (χ3v) is 5.53. The van der Waals surface area contributed by atoms with Gasteiger partial charge in [-0.3, -0.25) is 4.79 Å². The summed E-state index contributed by atoms with van der Waals surface area (Å²) in [7, 11) is -1.91. The van der Waals surface area contributed by atoms with E-state index in [0.29, 0.717) is 5.82 Å². The van der Waals surface area contributed by atoms with Gasteiger partial charge < -0.3 is 9.47 Å². The topological polar surface area (TPSA) is 84.3 Å². The van der Waals surface area contributed by atoms with E-state index < -0.39 is 10.0 Å². The van der Waals surface area contributed by atoms with Crippen LogP contribution in [0.2, 0.25) is 0 Å². The zero-order valence-electron chi connectivity index (χ0n) is 13.9. The Labute approximate surface area is 138 Å². The van der Waals surface area contributed by atoms with Crippen LogP contribution in [0.15, 0.2) is 11.2 Å². The van der Waals surface area contributed by atoms with Crippen molar-refractivity contribution in [1.82, 2.24) is 19.2 Å². The van der Waals surface area contributed by atoms with Gasteiger partial charge in [0.15, 0.2) is 5.03 Å². The molecule has 1 fully saturated rings. The SMILES string of the molecule is Cc1nc(S(=O)(=O)NCCC(=O)N2CCCCCCC2)cn1C. The molecule has 0 bridgehead atoms. The first-order valence-electron chi connectivity index (χ1n) is 8.17. The first kappa shape index (κ1) is 17.9. The molecule has 8 heteroatoms. The number of carbonyl (C=O) groups excluding carboxylic acids is 1. The Morgan fingerprint density at radius 1 is 1.22 bits per heavy atom. The lowest BCUT2D eigenvalue weighted by Crippen LogP contribution is -2.36. The highest BCUT2D eigenvalue weighted by molar-refractivity contribution is 7.89. The van der Waals surface area contributed by atoms with Crippen molar-refractivity contribution in [1.29, 1.82) is 0 Å². The summed E-state index contributed by atoms with van der Waals surface area (Å²) < 4.78 is 28.4. The maximum atomic E-state index is 12.2. The Morgan fingerprint density at radius 2 is 1.83 bits per heavy atom. The predicted molar refractivity (Wildman–Crippen MR) is 87.4 cm³/mol. The van der Waals surface area contributed by atoms with E-state index in [-0.39, 0.29) is 23.9 Å². The number of rotatable bonds is 5. The number of imidazole rings is 1. The van der Waals surface area contributed by atoms with Crippen molar-refractivity contribution in [3.8, 4) is 0 Å². The first-order chi connectivity index (χ1) is 10.9. The lowest BCUT2D eigenvalue weighted by atomic mass is 10.1. The summed E-state index contributed by atoms with van der Waals surface area (Å²) in [5.41, 5.74) is 0. The summed E-state index contributed by atoms with van der Waals surface area (Å²) in [6.07, 6.45) is 7.29. The molecule has 130 valence electrons. The van der Waals surface area contributed by atoms with Crippen LogP contribution >= 0.6 is 0 Å². The Morgan fingerprint density at radius 3 is 2.39 bits per heavy atom. The number of carbonyl (C=O) groups is 1. The standard InChI is InChI=1S/C15H26N4O3S/c1-13-17-14(12-18(13)2)23(21,22)16-9-8-15(20)19-10-6-4-3-5-7-11-19/h12,16H,3-11H2,1-2H3. The largest absolute Gasteiger partial charge is 0.343 e. The highest BCUT2D eigenvalue weighted by Crippen LogP contribution is 2.11. The molecule has 0 aromatic carbocycles. The number of amides is 1. The molecule has 1 aliphatic heterocycles. The highest BCUT2D eigenvalue weighted by Gasteiger charge is 2.20. The number of nitrogens with zero attached hydrogens (tertiary/aromatic N) is 3. The van der Waals surface area contributed by atoms with Gasteiger partial charge in [0.2, 0.25) is 5.91 Å². The fourth-order valence-corrected chi connectivity index (χ4v) is 3.74. The van der Waals surface area contributed by atoms with E-state index in [1.807, 2.05) is 4.90 Å². The first-order valence-corrected chi connectivity index (χ1v) is 9.66. The van der Waals surface area contributed by atoms with Crippen molar-refractivity contribution in [3.63, 3.8) is 0 Å². The molecule has 23 heavy (non-hydrogen) atoms. The molecule has 0 saturated carbocycles. The molecule has 0 radical (unpaired) electrons. The van der Waals surface area contributed by atoms with Crippen molar-refractivity contribution >= 4 is 15.9 Å². The van der Waals surface area contributed by atoms with Crippen molar-refractivity contribution in [2.75, 3.05) is 19.6 Å². The third-order valence-electron chi connectivity index (χ3n) is 4.20. The molecule has 1 saturated heterocycles. The Hall–Kier alpha value is -1.41. The number of aryl methyl sites for hydroxylation is 2. The van der Waals surface area contributed by atoms with E-state index in [4.69, 9.17) is 0 Å². The number of likely N-dealkylation sites (tertiary alicyclic amines) is 1. The number of aromatic nitrogens is 2. The summed E-state index contributed by atoms with van der Waals surface area (Å²) in [6.45, 7) is 3.41. The molecule has 0 unspecified atom stereocenters. The molecule has 2 rings (SSSR count). The van der Waals surface area contributed by atoms with Crippen LogP contribution < -0.4 is 4.72 Å². The molecule has 1 aromatic heterocycles. The smallest absolute Gasteiger partial charge is 0.259 e. The molecule has 0 atom stereocenters. The minimum absolute atomic E-state index is 0.00351. The summed E-state index contributed by atoms with van der Waals surface area (Å²) >= 11 is 0. The van der Waals surface area contributed by atoms with Gasteiger partial charge in [-0.15, -0.1) is 0 Å². The zero-order chi connectivity index (χ0) is 16.9. The van der Waals surface area contributed by atoms with Crippen LogP contribution in [0.3, 0.4) is 0 Å². The average Bonchev–Trinajstić information content (AvgIpc) is 2.79. The van der Waals surface area contributed by atoms with Gasteiger partial charge in [-0.05, 0) is 19.8 Å². The second kappa shape index (κ2) is 7.92. The second-order valence-electron chi connectivity index (χ2n) is 6.03. The highest BCUT2D eigenvalue weighted by atomic mass is 32.2. The normalized spacial score (nSPS) is 16.9. The van der Waals surface area contributed by atoms with Crippen LogP contribution in [0.4, 0.5) is 0 Å². The lowest BCUT2D eigenvalue weighted by molar-refractivity contribution is -0.131. The molecule has 0 aliphatic carbocycles. The van der Waals surface area contributed by atoms with Gasteiger partial charge in [-0.1, -0.05) is 19.3 Å². The van der Waals surface area contributed by atoms with Crippen molar-refractivity contribution in [2.24, 2.45) is 7.05 Å². The van der Waals surface area contributed by atoms with Gasteiger partial charge in [-0.25, -0.2) is 18.1 Å². The number of hydrogen-bond acceptors (Lipinski definition) is 4. The van der Waals surface area contributed by atoms with Crippen LogP contribution in [0.5, 0.6) is 0 Å². The second-order valence-corrected chi connectivity index (χ2v) is 7.75. The molecule has 1 aromatic rings. The number of nitrogens with one attached hydrogen (secondary N) is 1. The molecule has 7 nitrogen and oxygen atoms in total. The quantitative estimate of drug-likeness (QED) is 0.871. The average molecular weight is 342 g/mol. The van der Waals surface area contributed by atoms with Crippen LogP contribution in [0.1, 0.15) is 44.3 Å². The maximum absolute atomic E-state index is 12.2. The Kier molecular flexibility index (Phi) is 6.17. The molecular formula is C15H26N4O3S. The maximum Gasteiger partial charge on any atom is 0.259 e. The van der Waals surface area contributed by atoms with Gasteiger partial charge in [0.1, 0.15) is 5.82 Å². The molecule has 2 heterocycles. The summed E-state index contributed by atoms with van der Waals surface area (Å²) in [4.78, 5) is 18.1. The summed E-state index contributed by atoms with van der Waals surface area (Å²) in [6, 6.07) is 0. The minimum atomic E-state index is -3.65. The van der Waals surface area contributed by atoms with E-state index >= 15 is 0 Å².